The third-order valence-electron chi connectivity index (χ3n) is 2.62. The first-order valence-electron chi connectivity index (χ1n) is 6.63. The van der Waals surface area contributed by atoms with Crippen LogP contribution < -0.4 is 15.8 Å². The second-order valence-electron chi connectivity index (χ2n) is 4.31. The largest absolute Gasteiger partial charge is 0.490 e. The molecule has 122 valence electrons. The first-order valence-corrected chi connectivity index (χ1v) is 8.81. The highest BCUT2D eigenvalue weighted by molar-refractivity contribution is 9.10. The molecule has 22 heavy (non-hydrogen) atoms. The van der Waals surface area contributed by atoms with Crippen LogP contribution in [0.25, 0.3) is 0 Å². The summed E-state index contributed by atoms with van der Waals surface area (Å²) in [5.74, 6) is 0.899. The van der Waals surface area contributed by atoms with Gasteiger partial charge in [-0.3, -0.25) is 0 Å². The number of carbonyl (C=O) groups is 2. The van der Waals surface area contributed by atoms with Crippen LogP contribution in [0.2, 0.25) is 0 Å². The Hall–Kier alpha value is -1.41. The fourth-order valence-corrected chi connectivity index (χ4v) is 2.33. The monoisotopic (exact) mass is 390 g/mol. The Labute approximate surface area is 142 Å². The highest BCUT2D eigenvalue weighted by atomic mass is 79.9. The Morgan fingerprint density at radius 3 is 2.59 bits per heavy atom. The van der Waals surface area contributed by atoms with E-state index in [0.29, 0.717) is 12.2 Å². The average Bonchev–Trinajstić information content (AvgIpc) is 2.49. The molecule has 0 bridgehead atoms. The van der Waals surface area contributed by atoms with Gasteiger partial charge in [-0.15, -0.1) is 0 Å². The van der Waals surface area contributed by atoms with Crippen molar-refractivity contribution in [1.82, 2.24) is 5.32 Å². The van der Waals surface area contributed by atoms with Gasteiger partial charge in [0.25, 0.3) is 0 Å². The summed E-state index contributed by atoms with van der Waals surface area (Å²) in [5, 5.41) is 2.38. The third kappa shape index (κ3) is 7.56. The number of hydrogen-bond acceptors (Lipinski definition) is 5. The minimum atomic E-state index is -0.742. The smallest absolute Gasteiger partial charge is 0.328 e. The van der Waals surface area contributed by atoms with E-state index in [9.17, 15) is 9.59 Å². The summed E-state index contributed by atoms with van der Waals surface area (Å²) in [4.78, 5) is 22.8. The van der Waals surface area contributed by atoms with Crippen LogP contribution in [0.15, 0.2) is 28.7 Å². The lowest BCUT2D eigenvalue weighted by molar-refractivity contribution is -0.146. The number of amides is 2. The summed E-state index contributed by atoms with van der Waals surface area (Å²) in [6.45, 7) is 0.338. The van der Waals surface area contributed by atoms with Crippen molar-refractivity contribution in [3.63, 3.8) is 0 Å². The van der Waals surface area contributed by atoms with Crippen LogP contribution in [-0.2, 0) is 9.53 Å². The molecule has 0 heterocycles. The number of halogens is 1. The average molecular weight is 391 g/mol. The van der Waals surface area contributed by atoms with Gasteiger partial charge < -0.3 is 20.5 Å². The number of hydrogen-bond donors (Lipinski definition) is 2. The Bertz CT molecular complexity index is 484. The van der Waals surface area contributed by atoms with Gasteiger partial charge in [0, 0.05) is 4.47 Å². The predicted octanol–water partition coefficient (Wildman–Crippen LogP) is 2.16. The quantitative estimate of drug-likeness (QED) is 0.497. The maximum Gasteiger partial charge on any atom is 0.328 e. The topological polar surface area (TPSA) is 90.7 Å². The van der Waals surface area contributed by atoms with Gasteiger partial charge in [0.05, 0.1) is 0 Å². The molecule has 1 aromatic carbocycles. The van der Waals surface area contributed by atoms with Crippen molar-refractivity contribution in [1.29, 1.82) is 0 Å². The molecule has 0 saturated heterocycles. The first kappa shape index (κ1) is 18.6. The van der Waals surface area contributed by atoms with Crippen molar-refractivity contribution in [3.8, 4) is 5.75 Å². The zero-order valence-corrected chi connectivity index (χ0v) is 14.6. The van der Waals surface area contributed by atoms with Crippen molar-refractivity contribution in [2.45, 2.75) is 12.5 Å². The first-order chi connectivity index (χ1) is 10.5. The third-order valence-corrected chi connectivity index (χ3v) is 3.79. The summed E-state index contributed by atoms with van der Waals surface area (Å²) in [7, 11) is 0. The molecule has 6 nitrogen and oxygen atoms in total. The van der Waals surface area contributed by atoms with Gasteiger partial charge in [0.15, 0.2) is 0 Å². The highest BCUT2D eigenvalue weighted by Crippen LogP contribution is 2.15. The molecule has 8 heteroatoms. The maximum absolute atomic E-state index is 11.9. The molecule has 1 rings (SSSR count). The lowest BCUT2D eigenvalue weighted by Crippen LogP contribution is -2.45. The summed E-state index contributed by atoms with van der Waals surface area (Å²) >= 11 is 4.90. The van der Waals surface area contributed by atoms with Gasteiger partial charge >= 0.3 is 12.0 Å². The number of benzene rings is 1. The molecular weight excluding hydrogens is 372 g/mol. The van der Waals surface area contributed by atoms with Gasteiger partial charge in [-0.1, -0.05) is 15.9 Å². The Morgan fingerprint density at radius 1 is 1.32 bits per heavy atom. The molecule has 0 aliphatic rings. The van der Waals surface area contributed by atoms with E-state index in [1.807, 2.05) is 30.5 Å². The molecule has 0 saturated carbocycles. The second kappa shape index (κ2) is 10.3. The van der Waals surface area contributed by atoms with E-state index in [0.717, 1.165) is 10.2 Å². The Kier molecular flexibility index (Phi) is 8.76. The summed E-state index contributed by atoms with van der Waals surface area (Å²) in [6.07, 6.45) is 2.38. The molecule has 0 radical (unpaired) electrons. The number of rotatable bonds is 9. The van der Waals surface area contributed by atoms with Crippen LogP contribution in [0.5, 0.6) is 5.75 Å². The van der Waals surface area contributed by atoms with Gasteiger partial charge in [-0.2, -0.15) is 11.8 Å². The van der Waals surface area contributed by atoms with E-state index in [2.05, 4.69) is 21.2 Å². The fourth-order valence-electron chi connectivity index (χ4n) is 1.59. The number of nitrogens with one attached hydrogen (secondary N) is 1. The molecule has 0 spiro atoms. The normalized spacial score (nSPS) is 11.5. The van der Waals surface area contributed by atoms with Crippen LogP contribution in [0.4, 0.5) is 4.79 Å². The zero-order chi connectivity index (χ0) is 16.4. The molecule has 0 fully saturated rings. The highest BCUT2D eigenvalue weighted by Gasteiger charge is 2.20. The molecule has 3 N–H and O–H groups in total. The molecule has 0 aromatic heterocycles. The number of ether oxygens (including phenoxy) is 2. The van der Waals surface area contributed by atoms with Crippen molar-refractivity contribution in [2.75, 3.05) is 25.2 Å². The summed E-state index contributed by atoms with van der Waals surface area (Å²) in [5.41, 5.74) is 5.05. The molecule has 0 aliphatic heterocycles. The zero-order valence-electron chi connectivity index (χ0n) is 12.2. The SMILES string of the molecule is CSCC[C@H](NC(N)=O)C(=O)OCCOc1ccc(Br)cc1. The number of carbonyl (C=O) groups excluding carboxylic acids is 2. The number of primary amides is 1. The number of urea groups is 1. The summed E-state index contributed by atoms with van der Waals surface area (Å²) in [6, 6.07) is 5.86. The van der Waals surface area contributed by atoms with E-state index < -0.39 is 18.0 Å². The van der Waals surface area contributed by atoms with Crippen LogP contribution in [0, 0.1) is 0 Å². The number of esters is 1. The predicted molar refractivity (Wildman–Crippen MR) is 90.1 cm³/mol. The minimum Gasteiger partial charge on any atom is -0.490 e. The van der Waals surface area contributed by atoms with Gasteiger partial charge in [0.1, 0.15) is 25.0 Å². The Morgan fingerprint density at radius 2 is 2.00 bits per heavy atom. The summed E-state index contributed by atoms with van der Waals surface area (Å²) < 4.78 is 11.5. The van der Waals surface area contributed by atoms with Crippen LogP contribution in [0.3, 0.4) is 0 Å². The van der Waals surface area contributed by atoms with E-state index >= 15 is 0 Å². The number of thioether (sulfide) groups is 1. The van der Waals surface area contributed by atoms with Crippen molar-refractivity contribution in [2.24, 2.45) is 5.73 Å². The molecule has 0 aliphatic carbocycles. The van der Waals surface area contributed by atoms with Crippen LogP contribution in [-0.4, -0.2) is 43.3 Å². The second-order valence-corrected chi connectivity index (χ2v) is 6.21. The fraction of sp³-hybridized carbons (Fsp3) is 0.429. The van der Waals surface area contributed by atoms with Gasteiger partial charge in [-0.05, 0) is 42.7 Å². The van der Waals surface area contributed by atoms with Crippen LogP contribution >= 0.6 is 27.7 Å². The lowest BCUT2D eigenvalue weighted by Gasteiger charge is -2.16. The number of nitrogens with two attached hydrogens (primary N) is 1. The standard InChI is InChI=1S/C14H19BrN2O4S/c1-22-9-6-12(17-14(16)19)13(18)21-8-7-20-11-4-2-10(15)3-5-11/h2-5,12H,6-9H2,1H3,(H3,16,17,19)/t12-/m0/s1. The van der Waals surface area contributed by atoms with Crippen LogP contribution in [0.1, 0.15) is 6.42 Å². The Balaban J connectivity index is 2.32. The van der Waals surface area contributed by atoms with Crippen molar-refractivity contribution in [3.05, 3.63) is 28.7 Å². The maximum atomic E-state index is 11.9. The van der Waals surface area contributed by atoms with E-state index in [-0.39, 0.29) is 13.2 Å². The molecular formula is C14H19BrN2O4S. The van der Waals surface area contributed by atoms with Gasteiger partial charge in [-0.25, -0.2) is 9.59 Å². The van der Waals surface area contributed by atoms with Gasteiger partial charge in [0.2, 0.25) is 0 Å². The minimum absolute atomic E-state index is 0.102. The van der Waals surface area contributed by atoms with Crippen molar-refractivity contribution >= 4 is 39.7 Å². The molecule has 1 aromatic rings. The van der Waals surface area contributed by atoms with E-state index in [1.54, 1.807) is 11.8 Å². The molecule has 2 amide bonds. The van der Waals surface area contributed by atoms with E-state index in [4.69, 9.17) is 15.2 Å². The molecule has 0 unspecified atom stereocenters. The molecule has 1 atom stereocenters. The van der Waals surface area contributed by atoms with Crippen molar-refractivity contribution < 1.29 is 19.1 Å². The van der Waals surface area contributed by atoms with E-state index in [1.165, 1.54) is 0 Å². The lowest BCUT2D eigenvalue weighted by atomic mass is 10.2.